The van der Waals surface area contributed by atoms with Gasteiger partial charge < -0.3 is 4.90 Å². The Bertz CT molecular complexity index is 1100. The number of nitrogens with zero attached hydrogens (tertiary/aromatic N) is 2. The first-order chi connectivity index (χ1) is 14.7. The topological polar surface area (TPSA) is 74.8 Å². The lowest BCUT2D eigenvalue weighted by molar-refractivity contribution is -0.142. The van der Waals surface area contributed by atoms with Crippen molar-refractivity contribution in [2.75, 3.05) is 26.2 Å². The highest BCUT2D eigenvalue weighted by Gasteiger charge is 2.48. The van der Waals surface area contributed by atoms with Gasteiger partial charge in [0.25, 0.3) is 0 Å². The molecule has 0 unspecified atom stereocenters. The monoisotopic (exact) mass is 444 g/mol. The molecule has 1 amide bonds. The molecular formula is C23H25FN2O4S. The van der Waals surface area contributed by atoms with E-state index in [1.54, 1.807) is 29.2 Å². The zero-order chi connectivity index (χ0) is 22.2. The molecule has 0 atom stereocenters. The van der Waals surface area contributed by atoms with Gasteiger partial charge in [0.1, 0.15) is 5.82 Å². The minimum absolute atomic E-state index is 0.0130. The minimum Gasteiger partial charge on any atom is -0.339 e. The molecule has 2 aliphatic rings. The molecule has 0 bridgehead atoms. The average Bonchev–Trinajstić information content (AvgIpc) is 2.74. The number of hydrogen-bond acceptors (Lipinski definition) is 4. The van der Waals surface area contributed by atoms with Crippen molar-refractivity contribution in [1.82, 2.24) is 9.21 Å². The number of ketones is 1. The van der Waals surface area contributed by atoms with Crippen molar-refractivity contribution in [2.45, 2.75) is 36.5 Å². The smallest absolute Gasteiger partial charge is 0.243 e. The van der Waals surface area contributed by atoms with E-state index in [2.05, 4.69) is 0 Å². The Labute approximate surface area is 181 Å². The van der Waals surface area contributed by atoms with Gasteiger partial charge in [0, 0.05) is 31.7 Å². The molecule has 0 aromatic heterocycles. The summed E-state index contributed by atoms with van der Waals surface area (Å²) in [6.07, 6.45) is 2.37. The van der Waals surface area contributed by atoms with Crippen molar-refractivity contribution in [3.05, 3.63) is 65.5 Å². The van der Waals surface area contributed by atoms with Crippen LogP contribution in [-0.4, -0.2) is 55.5 Å². The van der Waals surface area contributed by atoms with Crippen molar-refractivity contribution in [1.29, 1.82) is 0 Å². The predicted molar refractivity (Wildman–Crippen MR) is 114 cm³/mol. The van der Waals surface area contributed by atoms with Gasteiger partial charge in [-0.15, -0.1) is 0 Å². The second-order valence-electron chi connectivity index (χ2n) is 8.22. The van der Waals surface area contributed by atoms with Gasteiger partial charge in [0.05, 0.1) is 10.3 Å². The number of halogens is 1. The summed E-state index contributed by atoms with van der Waals surface area (Å²) < 4.78 is 40.8. The number of carbonyl (C=O) groups is 2. The van der Waals surface area contributed by atoms with E-state index in [1.807, 2.05) is 0 Å². The summed E-state index contributed by atoms with van der Waals surface area (Å²) in [6, 6.07) is 12.1. The SMILES string of the molecule is CC(=O)c1cccc(S(=O)(=O)N2CCN(C(=O)C3(c4ccc(F)cc4)CCC3)CC2)c1. The lowest BCUT2D eigenvalue weighted by Gasteiger charge is -2.45. The second kappa shape index (κ2) is 8.16. The Morgan fingerprint density at radius 3 is 2.16 bits per heavy atom. The van der Waals surface area contributed by atoms with Gasteiger partial charge in [-0.25, -0.2) is 12.8 Å². The van der Waals surface area contributed by atoms with Gasteiger partial charge in [-0.05, 0) is 49.6 Å². The Morgan fingerprint density at radius 2 is 1.61 bits per heavy atom. The summed E-state index contributed by atoms with van der Waals surface area (Å²) in [5.41, 5.74) is 0.534. The third kappa shape index (κ3) is 3.90. The number of carbonyl (C=O) groups excluding carboxylic acids is 2. The Hall–Kier alpha value is -2.58. The van der Waals surface area contributed by atoms with E-state index in [1.165, 1.54) is 35.5 Å². The summed E-state index contributed by atoms with van der Waals surface area (Å²) in [5, 5.41) is 0. The molecule has 1 saturated heterocycles. The van der Waals surface area contributed by atoms with Crippen molar-refractivity contribution in [2.24, 2.45) is 0 Å². The van der Waals surface area contributed by atoms with E-state index < -0.39 is 15.4 Å². The zero-order valence-electron chi connectivity index (χ0n) is 17.4. The van der Waals surface area contributed by atoms with Crippen LogP contribution in [0.1, 0.15) is 42.1 Å². The molecule has 2 aromatic carbocycles. The van der Waals surface area contributed by atoms with Crippen LogP contribution < -0.4 is 0 Å². The number of rotatable bonds is 5. The van der Waals surface area contributed by atoms with Gasteiger partial charge in [0.15, 0.2) is 5.78 Å². The van der Waals surface area contributed by atoms with E-state index in [4.69, 9.17) is 0 Å². The highest BCUT2D eigenvalue weighted by Crippen LogP contribution is 2.45. The molecule has 0 radical (unpaired) electrons. The average molecular weight is 445 g/mol. The molecule has 0 spiro atoms. The molecule has 164 valence electrons. The highest BCUT2D eigenvalue weighted by molar-refractivity contribution is 7.89. The normalized spacial score (nSPS) is 19.0. The summed E-state index contributed by atoms with van der Waals surface area (Å²) in [7, 11) is -3.75. The quantitative estimate of drug-likeness (QED) is 0.665. The molecule has 1 saturated carbocycles. The van der Waals surface area contributed by atoms with Crippen LogP contribution in [0.5, 0.6) is 0 Å². The van der Waals surface area contributed by atoms with Crippen molar-refractivity contribution >= 4 is 21.7 Å². The molecule has 4 rings (SSSR count). The summed E-state index contributed by atoms with van der Waals surface area (Å²) in [6.45, 7) is 2.38. The second-order valence-corrected chi connectivity index (χ2v) is 10.2. The van der Waals surface area contributed by atoms with Crippen LogP contribution in [0.15, 0.2) is 53.4 Å². The maximum atomic E-state index is 13.4. The standard InChI is InChI=1S/C23H25FN2O4S/c1-17(27)18-4-2-5-21(16-18)31(29,30)26-14-12-25(13-15-26)22(28)23(10-3-11-23)19-6-8-20(24)9-7-19/h2,4-9,16H,3,10-15H2,1H3. The number of sulfonamides is 1. The van der Waals surface area contributed by atoms with Crippen LogP contribution in [0.3, 0.4) is 0 Å². The lowest BCUT2D eigenvalue weighted by atomic mass is 9.63. The van der Waals surface area contributed by atoms with Gasteiger partial charge in [-0.1, -0.05) is 30.7 Å². The molecule has 8 heteroatoms. The Morgan fingerprint density at radius 1 is 0.968 bits per heavy atom. The van der Waals surface area contributed by atoms with Gasteiger partial charge in [0.2, 0.25) is 15.9 Å². The van der Waals surface area contributed by atoms with Crippen molar-refractivity contribution < 1.29 is 22.4 Å². The summed E-state index contributed by atoms with van der Waals surface area (Å²) >= 11 is 0. The number of amides is 1. The Kier molecular flexibility index (Phi) is 5.70. The van der Waals surface area contributed by atoms with E-state index in [0.717, 1.165) is 12.0 Å². The number of Topliss-reactive ketones (excluding diaryl/α,β-unsaturated/α-hetero) is 1. The fourth-order valence-electron chi connectivity index (χ4n) is 4.38. The predicted octanol–water partition coefficient (Wildman–Crippen LogP) is 2.98. The van der Waals surface area contributed by atoms with Gasteiger partial charge in [-0.2, -0.15) is 4.31 Å². The molecular weight excluding hydrogens is 419 g/mol. The molecule has 6 nitrogen and oxygen atoms in total. The van der Waals surface area contributed by atoms with E-state index in [-0.39, 0.29) is 35.5 Å². The first kappa shape index (κ1) is 21.6. The van der Waals surface area contributed by atoms with Crippen LogP contribution in [0, 0.1) is 5.82 Å². The van der Waals surface area contributed by atoms with E-state index in [0.29, 0.717) is 31.5 Å². The zero-order valence-corrected chi connectivity index (χ0v) is 18.2. The first-order valence-electron chi connectivity index (χ1n) is 10.4. The van der Waals surface area contributed by atoms with Crippen LogP contribution in [-0.2, 0) is 20.2 Å². The third-order valence-corrected chi connectivity index (χ3v) is 8.31. The molecule has 1 aliphatic heterocycles. The fraction of sp³-hybridized carbons (Fsp3) is 0.391. The lowest BCUT2D eigenvalue weighted by Crippen LogP contribution is -2.57. The number of hydrogen-bond donors (Lipinski definition) is 0. The largest absolute Gasteiger partial charge is 0.339 e. The van der Waals surface area contributed by atoms with Crippen LogP contribution >= 0.6 is 0 Å². The summed E-state index contributed by atoms with van der Waals surface area (Å²) in [4.78, 5) is 26.8. The van der Waals surface area contributed by atoms with Crippen LogP contribution in [0.4, 0.5) is 4.39 Å². The first-order valence-corrected chi connectivity index (χ1v) is 11.8. The van der Waals surface area contributed by atoms with Gasteiger partial charge >= 0.3 is 0 Å². The van der Waals surface area contributed by atoms with Gasteiger partial charge in [-0.3, -0.25) is 9.59 Å². The van der Waals surface area contributed by atoms with E-state index >= 15 is 0 Å². The third-order valence-electron chi connectivity index (χ3n) is 6.42. The number of piperazine rings is 1. The highest BCUT2D eigenvalue weighted by atomic mass is 32.2. The van der Waals surface area contributed by atoms with Crippen LogP contribution in [0.25, 0.3) is 0 Å². The molecule has 2 aromatic rings. The minimum atomic E-state index is -3.75. The Balaban J connectivity index is 1.48. The maximum Gasteiger partial charge on any atom is 0.243 e. The molecule has 1 heterocycles. The number of benzene rings is 2. The van der Waals surface area contributed by atoms with Crippen molar-refractivity contribution in [3.8, 4) is 0 Å². The molecule has 31 heavy (non-hydrogen) atoms. The maximum absolute atomic E-state index is 13.4. The fourth-order valence-corrected chi connectivity index (χ4v) is 5.85. The summed E-state index contributed by atoms with van der Waals surface area (Å²) in [5.74, 6) is -0.543. The molecule has 2 fully saturated rings. The van der Waals surface area contributed by atoms with Crippen molar-refractivity contribution in [3.63, 3.8) is 0 Å². The van der Waals surface area contributed by atoms with E-state index in [9.17, 15) is 22.4 Å². The molecule has 1 aliphatic carbocycles. The molecule has 0 N–H and O–H groups in total. The van der Waals surface area contributed by atoms with Crippen LogP contribution in [0.2, 0.25) is 0 Å².